The Balaban J connectivity index is 1.80. The molecule has 2 rings (SSSR count). The van der Waals surface area contributed by atoms with Crippen LogP contribution in [-0.2, 0) is 0 Å². The molecule has 2 fully saturated rings. The third-order valence-electron chi connectivity index (χ3n) is 4.55. The molecule has 0 aromatic heterocycles. The van der Waals surface area contributed by atoms with Gasteiger partial charge in [-0.1, -0.05) is 6.92 Å². The molecule has 0 aromatic carbocycles. The topological polar surface area (TPSA) is 43.8 Å². The van der Waals surface area contributed by atoms with Crippen LogP contribution in [0.3, 0.4) is 0 Å². The van der Waals surface area contributed by atoms with Crippen LogP contribution in [0.15, 0.2) is 0 Å². The van der Waals surface area contributed by atoms with E-state index < -0.39 is 0 Å². The summed E-state index contributed by atoms with van der Waals surface area (Å²) in [4.78, 5) is 16.3. The molecule has 0 saturated carbocycles. The van der Waals surface area contributed by atoms with Crippen LogP contribution in [0.4, 0.5) is 4.79 Å². The van der Waals surface area contributed by atoms with E-state index in [1.807, 2.05) is 16.7 Å². The fourth-order valence-corrected chi connectivity index (χ4v) is 2.97. The average molecular weight is 254 g/mol. The summed E-state index contributed by atoms with van der Waals surface area (Å²) in [6.07, 6.45) is 3.91. The molecule has 2 amide bonds. The van der Waals surface area contributed by atoms with Crippen molar-refractivity contribution in [3.05, 3.63) is 0 Å². The molecule has 0 aliphatic carbocycles. The van der Waals surface area contributed by atoms with Gasteiger partial charge in [-0.3, -0.25) is 0 Å². The van der Waals surface area contributed by atoms with Gasteiger partial charge in [0.25, 0.3) is 0 Å². The van der Waals surface area contributed by atoms with E-state index in [4.69, 9.17) is 0 Å². The van der Waals surface area contributed by atoms with E-state index in [0.717, 1.165) is 57.8 Å². The molecule has 1 atom stereocenters. The van der Waals surface area contributed by atoms with Gasteiger partial charge in [-0.2, -0.15) is 0 Å². The predicted molar refractivity (Wildman–Crippen MR) is 71.3 cm³/mol. The van der Waals surface area contributed by atoms with Crippen LogP contribution in [0.1, 0.15) is 39.5 Å². The minimum atomic E-state index is -0.238. The number of hydrogen-bond donors (Lipinski definition) is 1. The van der Waals surface area contributed by atoms with Crippen molar-refractivity contribution in [3.63, 3.8) is 0 Å². The Bertz CT molecular complexity index is 278. The number of carbonyl (C=O) groups is 1. The number of urea groups is 1. The van der Waals surface area contributed by atoms with Gasteiger partial charge in [0.05, 0.1) is 6.10 Å². The maximum Gasteiger partial charge on any atom is 0.319 e. The second-order valence-corrected chi connectivity index (χ2v) is 6.02. The Morgan fingerprint density at radius 1 is 1.06 bits per heavy atom. The number of hydrogen-bond acceptors (Lipinski definition) is 2. The van der Waals surface area contributed by atoms with Crippen molar-refractivity contribution >= 4 is 6.03 Å². The SMILES string of the molecule is CC1CCN(C(=O)N2CCC(C(C)O)CC2)CC1. The lowest BCUT2D eigenvalue weighted by Gasteiger charge is -2.38. The highest BCUT2D eigenvalue weighted by Crippen LogP contribution is 2.23. The summed E-state index contributed by atoms with van der Waals surface area (Å²) < 4.78 is 0. The van der Waals surface area contributed by atoms with Gasteiger partial charge in [0, 0.05) is 26.2 Å². The van der Waals surface area contributed by atoms with E-state index >= 15 is 0 Å². The molecular formula is C14H26N2O2. The second-order valence-electron chi connectivity index (χ2n) is 6.02. The lowest BCUT2D eigenvalue weighted by molar-refractivity contribution is 0.0687. The lowest BCUT2D eigenvalue weighted by Crippen LogP contribution is -2.49. The molecule has 2 saturated heterocycles. The van der Waals surface area contributed by atoms with Crippen LogP contribution in [0, 0.1) is 11.8 Å². The summed E-state index contributed by atoms with van der Waals surface area (Å²) in [5.74, 6) is 1.13. The van der Waals surface area contributed by atoms with E-state index in [9.17, 15) is 9.90 Å². The Hall–Kier alpha value is -0.770. The van der Waals surface area contributed by atoms with Crippen LogP contribution in [-0.4, -0.2) is 53.2 Å². The molecule has 0 bridgehead atoms. The van der Waals surface area contributed by atoms with Crippen LogP contribution in [0.25, 0.3) is 0 Å². The van der Waals surface area contributed by atoms with E-state index in [2.05, 4.69) is 6.92 Å². The Morgan fingerprint density at radius 2 is 1.50 bits per heavy atom. The van der Waals surface area contributed by atoms with Gasteiger partial charge in [-0.05, 0) is 44.4 Å². The van der Waals surface area contributed by atoms with Gasteiger partial charge in [0.2, 0.25) is 0 Å². The molecule has 1 unspecified atom stereocenters. The smallest absolute Gasteiger partial charge is 0.319 e. The highest BCUT2D eigenvalue weighted by Gasteiger charge is 2.29. The van der Waals surface area contributed by atoms with Crippen molar-refractivity contribution in [3.8, 4) is 0 Å². The summed E-state index contributed by atoms with van der Waals surface area (Å²) in [6.45, 7) is 7.55. The Labute approximate surface area is 110 Å². The summed E-state index contributed by atoms with van der Waals surface area (Å²) >= 11 is 0. The molecule has 1 N–H and O–H groups in total. The lowest BCUT2D eigenvalue weighted by atomic mass is 9.92. The van der Waals surface area contributed by atoms with Crippen molar-refractivity contribution < 1.29 is 9.90 Å². The fourth-order valence-electron chi connectivity index (χ4n) is 2.97. The first-order valence-electron chi connectivity index (χ1n) is 7.30. The number of rotatable bonds is 1. The highest BCUT2D eigenvalue weighted by molar-refractivity contribution is 5.74. The van der Waals surface area contributed by atoms with E-state index in [1.54, 1.807) is 0 Å². The average Bonchev–Trinajstić information content (AvgIpc) is 2.39. The number of carbonyl (C=O) groups excluding carboxylic acids is 1. The van der Waals surface area contributed by atoms with Crippen LogP contribution >= 0.6 is 0 Å². The number of amides is 2. The van der Waals surface area contributed by atoms with Crippen molar-refractivity contribution in [2.75, 3.05) is 26.2 Å². The minimum absolute atomic E-state index is 0.214. The highest BCUT2D eigenvalue weighted by atomic mass is 16.3. The summed E-state index contributed by atoms with van der Waals surface area (Å²) in [6, 6.07) is 0.214. The van der Waals surface area contributed by atoms with Crippen LogP contribution in [0.2, 0.25) is 0 Å². The quantitative estimate of drug-likeness (QED) is 0.777. The Morgan fingerprint density at radius 3 is 1.94 bits per heavy atom. The normalized spacial score (nSPS) is 25.3. The molecule has 2 aliphatic heterocycles. The van der Waals surface area contributed by atoms with E-state index in [1.165, 1.54) is 0 Å². The van der Waals surface area contributed by atoms with Crippen LogP contribution in [0.5, 0.6) is 0 Å². The molecule has 0 radical (unpaired) electrons. The molecule has 104 valence electrons. The summed E-state index contributed by atoms with van der Waals surface area (Å²) in [5.41, 5.74) is 0. The van der Waals surface area contributed by atoms with Crippen molar-refractivity contribution in [1.29, 1.82) is 0 Å². The maximum atomic E-state index is 12.3. The van der Waals surface area contributed by atoms with Gasteiger partial charge < -0.3 is 14.9 Å². The molecule has 4 nitrogen and oxygen atoms in total. The van der Waals surface area contributed by atoms with E-state index in [0.29, 0.717) is 5.92 Å². The number of likely N-dealkylation sites (tertiary alicyclic amines) is 2. The first-order chi connectivity index (χ1) is 8.58. The number of aliphatic hydroxyl groups is 1. The summed E-state index contributed by atoms with van der Waals surface area (Å²) in [5, 5.41) is 9.57. The van der Waals surface area contributed by atoms with Gasteiger partial charge in [-0.25, -0.2) is 4.79 Å². The third kappa shape index (κ3) is 3.16. The largest absolute Gasteiger partial charge is 0.393 e. The zero-order valence-corrected chi connectivity index (χ0v) is 11.6. The monoisotopic (exact) mass is 254 g/mol. The zero-order chi connectivity index (χ0) is 13.1. The third-order valence-corrected chi connectivity index (χ3v) is 4.55. The molecule has 4 heteroatoms. The van der Waals surface area contributed by atoms with Gasteiger partial charge in [0.15, 0.2) is 0 Å². The maximum absolute atomic E-state index is 12.3. The van der Waals surface area contributed by atoms with Gasteiger partial charge in [-0.15, -0.1) is 0 Å². The predicted octanol–water partition coefficient (Wildman–Crippen LogP) is 1.93. The first-order valence-corrected chi connectivity index (χ1v) is 7.30. The first kappa shape index (κ1) is 13.7. The Kier molecular flexibility index (Phi) is 4.49. The molecule has 0 spiro atoms. The molecule has 18 heavy (non-hydrogen) atoms. The van der Waals surface area contributed by atoms with Crippen LogP contribution < -0.4 is 0 Å². The van der Waals surface area contributed by atoms with Gasteiger partial charge in [0.1, 0.15) is 0 Å². The van der Waals surface area contributed by atoms with Crippen molar-refractivity contribution in [2.24, 2.45) is 11.8 Å². The van der Waals surface area contributed by atoms with Crippen molar-refractivity contribution in [2.45, 2.75) is 45.6 Å². The summed E-state index contributed by atoms with van der Waals surface area (Å²) in [7, 11) is 0. The second kappa shape index (κ2) is 5.91. The zero-order valence-electron chi connectivity index (χ0n) is 11.6. The molecule has 2 heterocycles. The molecule has 0 aromatic rings. The standard InChI is InChI=1S/C14H26N2O2/c1-11-3-7-15(8-4-11)14(18)16-9-5-13(6-10-16)12(2)17/h11-13,17H,3-10H2,1-2H3. The van der Waals surface area contributed by atoms with Gasteiger partial charge >= 0.3 is 6.03 Å². The fraction of sp³-hybridized carbons (Fsp3) is 0.929. The van der Waals surface area contributed by atoms with E-state index in [-0.39, 0.29) is 12.1 Å². The number of piperidine rings is 2. The molecular weight excluding hydrogens is 228 g/mol. The van der Waals surface area contributed by atoms with Crippen molar-refractivity contribution in [1.82, 2.24) is 9.80 Å². The minimum Gasteiger partial charge on any atom is -0.393 e. The number of nitrogens with zero attached hydrogens (tertiary/aromatic N) is 2. The number of aliphatic hydroxyl groups excluding tert-OH is 1. The molecule has 2 aliphatic rings.